The van der Waals surface area contributed by atoms with Gasteiger partial charge in [-0.15, -0.1) is 0 Å². The van der Waals surface area contributed by atoms with E-state index in [1.54, 1.807) is 0 Å². The van der Waals surface area contributed by atoms with Crippen LogP contribution < -0.4 is 5.32 Å². The van der Waals surface area contributed by atoms with Gasteiger partial charge in [-0.2, -0.15) is 4.98 Å². The van der Waals surface area contributed by atoms with Gasteiger partial charge < -0.3 is 9.84 Å². The molecule has 1 aliphatic carbocycles. The number of aromatic nitrogens is 2. The van der Waals surface area contributed by atoms with E-state index in [0.29, 0.717) is 13.0 Å². The molecule has 1 unspecified atom stereocenters. The van der Waals surface area contributed by atoms with Gasteiger partial charge in [0, 0.05) is 18.9 Å². The maximum Gasteiger partial charge on any atom is 0.233 e. The van der Waals surface area contributed by atoms with Crippen LogP contribution in [0.1, 0.15) is 65.1 Å². The lowest BCUT2D eigenvalue weighted by molar-refractivity contribution is -0.122. The maximum atomic E-state index is 11.2. The molecule has 5 heteroatoms. The van der Waals surface area contributed by atoms with Crippen molar-refractivity contribution >= 4 is 5.91 Å². The van der Waals surface area contributed by atoms with E-state index < -0.39 is 0 Å². The van der Waals surface area contributed by atoms with Crippen molar-refractivity contribution in [3.8, 4) is 0 Å². The van der Waals surface area contributed by atoms with Gasteiger partial charge >= 0.3 is 0 Å². The average molecular weight is 277 g/mol. The van der Waals surface area contributed by atoms with Crippen LogP contribution in [0, 0.1) is 10.8 Å². The van der Waals surface area contributed by atoms with Gasteiger partial charge in [0.2, 0.25) is 11.8 Å². The van der Waals surface area contributed by atoms with Gasteiger partial charge in [-0.1, -0.05) is 32.9 Å². The summed E-state index contributed by atoms with van der Waals surface area (Å²) in [6, 6.07) is 0. The van der Waals surface area contributed by atoms with Crippen LogP contribution >= 0.6 is 0 Å². The van der Waals surface area contributed by atoms with Crippen molar-refractivity contribution in [1.29, 1.82) is 0 Å². The topological polar surface area (TPSA) is 68.0 Å². The molecule has 1 aromatic heterocycles. The van der Waals surface area contributed by atoms with Crippen LogP contribution in [-0.4, -0.2) is 22.6 Å². The summed E-state index contributed by atoms with van der Waals surface area (Å²) in [4.78, 5) is 15.9. The van der Waals surface area contributed by atoms with E-state index in [-0.39, 0.29) is 28.1 Å². The van der Waals surface area contributed by atoms with Gasteiger partial charge in [0.1, 0.15) is 0 Å². The van der Waals surface area contributed by atoms with Crippen molar-refractivity contribution in [3.05, 3.63) is 11.7 Å². The summed E-state index contributed by atoms with van der Waals surface area (Å²) in [5, 5.41) is 7.03. The molecule has 2 heterocycles. The van der Waals surface area contributed by atoms with Gasteiger partial charge in [-0.3, -0.25) is 4.79 Å². The highest BCUT2D eigenvalue weighted by Crippen LogP contribution is 2.77. The molecule has 1 saturated heterocycles. The Morgan fingerprint density at radius 3 is 2.35 bits per heavy atom. The maximum absolute atomic E-state index is 11.2. The van der Waals surface area contributed by atoms with Crippen molar-refractivity contribution < 1.29 is 9.32 Å². The lowest BCUT2D eigenvalue weighted by Gasteiger charge is -2.19. The summed E-state index contributed by atoms with van der Waals surface area (Å²) < 4.78 is 5.57. The van der Waals surface area contributed by atoms with E-state index in [2.05, 4.69) is 50.1 Å². The quantitative estimate of drug-likeness (QED) is 0.901. The molecule has 1 N–H and O–H groups in total. The molecule has 3 rings (SSSR count). The Kier molecular flexibility index (Phi) is 2.60. The number of hydrogen-bond donors (Lipinski definition) is 1. The van der Waals surface area contributed by atoms with E-state index in [1.807, 2.05) is 0 Å². The third kappa shape index (κ3) is 1.46. The third-order valence-electron chi connectivity index (χ3n) is 6.50. The molecule has 1 aromatic rings. The fourth-order valence-electron chi connectivity index (χ4n) is 3.69. The second kappa shape index (κ2) is 3.83. The largest absolute Gasteiger partial charge is 0.355 e. The Morgan fingerprint density at radius 1 is 1.20 bits per heavy atom. The van der Waals surface area contributed by atoms with Gasteiger partial charge in [0.25, 0.3) is 0 Å². The monoisotopic (exact) mass is 277 g/mol. The fraction of sp³-hybridized carbons (Fsp3) is 0.800. The van der Waals surface area contributed by atoms with Gasteiger partial charge in [-0.25, -0.2) is 0 Å². The zero-order valence-corrected chi connectivity index (χ0v) is 12.9. The van der Waals surface area contributed by atoms with Crippen LogP contribution in [0.15, 0.2) is 4.52 Å². The number of carbonyl (C=O) groups excluding carboxylic acids is 1. The Morgan fingerprint density at radius 2 is 1.85 bits per heavy atom. The molecule has 5 nitrogen and oxygen atoms in total. The Hall–Kier alpha value is -1.39. The number of hydrogen-bond acceptors (Lipinski definition) is 4. The average Bonchev–Trinajstić information content (AvgIpc) is 2.81. The highest BCUT2D eigenvalue weighted by atomic mass is 16.5. The van der Waals surface area contributed by atoms with Crippen LogP contribution in [0.25, 0.3) is 0 Å². The first kappa shape index (κ1) is 13.6. The van der Waals surface area contributed by atoms with E-state index in [0.717, 1.165) is 18.1 Å². The summed E-state index contributed by atoms with van der Waals surface area (Å²) >= 11 is 0. The van der Waals surface area contributed by atoms with Gasteiger partial charge in [-0.05, 0) is 24.2 Å². The standard InChI is InChI=1S/C15H23N3O2/c1-13(2)14(3,4)15(13,5)12-17-11(18-20-12)9-6-7-10(19)16-8-9/h9H,6-8H2,1-5H3,(H,16,19). The minimum Gasteiger partial charge on any atom is -0.355 e. The number of piperidine rings is 1. The Labute approximate surface area is 119 Å². The predicted octanol–water partition coefficient (Wildman–Crippen LogP) is 2.39. The second-order valence-electron chi connectivity index (χ2n) is 7.37. The van der Waals surface area contributed by atoms with Crippen LogP contribution in [0.2, 0.25) is 0 Å². The Bertz CT molecular complexity index is 535. The van der Waals surface area contributed by atoms with Crippen LogP contribution in [0.4, 0.5) is 0 Å². The molecule has 0 spiro atoms. The van der Waals surface area contributed by atoms with Crippen molar-refractivity contribution in [2.24, 2.45) is 10.8 Å². The number of amides is 1. The molecule has 1 aliphatic heterocycles. The molecule has 2 aliphatic rings. The summed E-state index contributed by atoms with van der Waals surface area (Å²) in [5.74, 6) is 1.76. The number of rotatable bonds is 2. The van der Waals surface area contributed by atoms with Crippen molar-refractivity contribution in [1.82, 2.24) is 15.5 Å². The molecule has 0 bridgehead atoms. The molecule has 0 radical (unpaired) electrons. The second-order valence-corrected chi connectivity index (χ2v) is 7.37. The summed E-state index contributed by atoms with van der Waals surface area (Å²) in [6.45, 7) is 11.8. The van der Waals surface area contributed by atoms with Crippen molar-refractivity contribution in [2.45, 2.75) is 58.8 Å². The molecule has 110 valence electrons. The summed E-state index contributed by atoms with van der Waals surface area (Å²) in [6.07, 6.45) is 1.34. The normalized spacial score (nSPS) is 29.9. The highest BCUT2D eigenvalue weighted by Gasteiger charge is 2.77. The van der Waals surface area contributed by atoms with Gasteiger partial charge in [0.05, 0.1) is 5.41 Å². The minimum absolute atomic E-state index is 0.0802. The van der Waals surface area contributed by atoms with Crippen molar-refractivity contribution in [2.75, 3.05) is 6.54 Å². The molecule has 2 fully saturated rings. The molecular formula is C15H23N3O2. The van der Waals surface area contributed by atoms with Crippen LogP contribution in [0.3, 0.4) is 0 Å². The van der Waals surface area contributed by atoms with Crippen molar-refractivity contribution in [3.63, 3.8) is 0 Å². The first-order chi connectivity index (χ1) is 9.22. The molecule has 1 amide bonds. The first-order valence-corrected chi connectivity index (χ1v) is 7.32. The summed E-state index contributed by atoms with van der Waals surface area (Å²) in [7, 11) is 0. The number of nitrogens with one attached hydrogen (secondary N) is 1. The van der Waals surface area contributed by atoms with E-state index in [1.165, 1.54) is 0 Å². The highest BCUT2D eigenvalue weighted by molar-refractivity contribution is 5.76. The molecule has 20 heavy (non-hydrogen) atoms. The lowest BCUT2D eigenvalue weighted by atomic mass is 9.96. The first-order valence-electron chi connectivity index (χ1n) is 7.32. The van der Waals surface area contributed by atoms with Crippen LogP contribution in [-0.2, 0) is 10.2 Å². The number of carbonyl (C=O) groups is 1. The smallest absolute Gasteiger partial charge is 0.233 e. The van der Waals surface area contributed by atoms with E-state index in [9.17, 15) is 4.79 Å². The summed E-state index contributed by atoms with van der Waals surface area (Å²) in [5.41, 5.74) is 0.207. The van der Waals surface area contributed by atoms with Gasteiger partial charge in [0.15, 0.2) is 5.82 Å². The molecular weight excluding hydrogens is 254 g/mol. The molecule has 0 aromatic carbocycles. The fourth-order valence-corrected chi connectivity index (χ4v) is 3.69. The predicted molar refractivity (Wildman–Crippen MR) is 74.2 cm³/mol. The van der Waals surface area contributed by atoms with E-state index in [4.69, 9.17) is 4.52 Å². The Balaban J connectivity index is 1.84. The van der Waals surface area contributed by atoms with E-state index >= 15 is 0 Å². The molecule has 1 saturated carbocycles. The minimum atomic E-state index is -0.0802. The van der Waals surface area contributed by atoms with Crippen LogP contribution in [0.5, 0.6) is 0 Å². The SMILES string of the molecule is CC1(C)C(C)(C)C1(C)c1nc(C2CCC(=O)NC2)no1. The zero-order chi connectivity index (χ0) is 14.8. The lowest BCUT2D eigenvalue weighted by Crippen LogP contribution is -2.34. The molecule has 1 atom stereocenters. The zero-order valence-electron chi connectivity index (χ0n) is 12.9. The number of nitrogens with zero attached hydrogens (tertiary/aromatic N) is 2. The third-order valence-corrected chi connectivity index (χ3v) is 6.50.